The van der Waals surface area contributed by atoms with Crippen LogP contribution in [0.15, 0.2) is 18.2 Å². The zero-order chi connectivity index (χ0) is 12.1. The maximum absolute atomic E-state index is 12.9. The summed E-state index contributed by atoms with van der Waals surface area (Å²) in [5.74, 6) is -1.92. The number of aliphatic carboxylic acids is 1. The first kappa shape index (κ1) is 12.2. The Balaban J connectivity index is 2.62. The molecule has 16 heavy (non-hydrogen) atoms. The Hall–Kier alpha value is -1.91. The minimum absolute atomic E-state index is 0.120. The maximum Gasteiger partial charge on any atom is 0.303 e. The standard InChI is InChI=1S/C11H12FNO3/c1-7-2-3-8(12)6-9(7)13-10(14)4-5-11(15)16/h2-3,6H,4-5H2,1H3,(H,13,14)(H,15,16). The average Bonchev–Trinajstić information content (AvgIpc) is 2.20. The van der Waals surface area contributed by atoms with E-state index in [-0.39, 0.29) is 12.8 Å². The van der Waals surface area contributed by atoms with Gasteiger partial charge in [0.1, 0.15) is 5.82 Å². The topological polar surface area (TPSA) is 66.4 Å². The number of aryl methyl sites for hydroxylation is 1. The van der Waals surface area contributed by atoms with Gasteiger partial charge in [0.2, 0.25) is 5.91 Å². The summed E-state index contributed by atoms with van der Waals surface area (Å²) in [6.07, 6.45) is -0.356. The lowest BCUT2D eigenvalue weighted by atomic mass is 10.2. The lowest BCUT2D eigenvalue weighted by molar-refractivity contribution is -0.138. The number of hydrogen-bond acceptors (Lipinski definition) is 2. The second-order valence-electron chi connectivity index (χ2n) is 3.40. The number of anilines is 1. The summed E-state index contributed by atoms with van der Waals surface area (Å²) in [7, 11) is 0. The van der Waals surface area contributed by atoms with Gasteiger partial charge < -0.3 is 10.4 Å². The van der Waals surface area contributed by atoms with Crippen LogP contribution in [-0.4, -0.2) is 17.0 Å². The Kier molecular flexibility index (Phi) is 3.99. The van der Waals surface area contributed by atoms with E-state index in [1.807, 2.05) is 0 Å². The van der Waals surface area contributed by atoms with Crippen LogP contribution in [0, 0.1) is 12.7 Å². The normalized spacial score (nSPS) is 9.88. The van der Waals surface area contributed by atoms with E-state index < -0.39 is 17.7 Å². The first-order chi connectivity index (χ1) is 7.49. The molecule has 0 saturated carbocycles. The van der Waals surface area contributed by atoms with Crippen molar-refractivity contribution >= 4 is 17.6 Å². The SMILES string of the molecule is Cc1ccc(F)cc1NC(=O)CCC(=O)O. The quantitative estimate of drug-likeness (QED) is 0.822. The van der Waals surface area contributed by atoms with Gasteiger partial charge in [-0.3, -0.25) is 9.59 Å². The molecular weight excluding hydrogens is 213 g/mol. The number of benzene rings is 1. The van der Waals surface area contributed by atoms with Gasteiger partial charge in [-0.2, -0.15) is 0 Å². The molecule has 1 aromatic carbocycles. The number of carboxylic acid groups (broad SMARTS) is 1. The van der Waals surface area contributed by atoms with Gasteiger partial charge in [0.05, 0.1) is 6.42 Å². The van der Waals surface area contributed by atoms with Crippen molar-refractivity contribution in [3.63, 3.8) is 0 Å². The summed E-state index contributed by atoms with van der Waals surface area (Å²) in [6, 6.07) is 4.04. The number of halogens is 1. The van der Waals surface area contributed by atoms with Gasteiger partial charge in [0.25, 0.3) is 0 Å². The third-order valence-corrected chi connectivity index (χ3v) is 2.04. The van der Waals surface area contributed by atoms with Crippen LogP contribution in [0.4, 0.5) is 10.1 Å². The van der Waals surface area contributed by atoms with Gasteiger partial charge in [-0.1, -0.05) is 6.07 Å². The van der Waals surface area contributed by atoms with Gasteiger partial charge >= 0.3 is 5.97 Å². The molecule has 0 atom stereocenters. The maximum atomic E-state index is 12.9. The third kappa shape index (κ3) is 3.68. The molecule has 0 fully saturated rings. The van der Waals surface area contributed by atoms with Crippen molar-refractivity contribution in [2.75, 3.05) is 5.32 Å². The minimum atomic E-state index is -1.04. The van der Waals surface area contributed by atoms with Crippen LogP contribution in [0.3, 0.4) is 0 Å². The van der Waals surface area contributed by atoms with Crippen LogP contribution in [0.2, 0.25) is 0 Å². The van der Waals surface area contributed by atoms with Crippen LogP contribution >= 0.6 is 0 Å². The summed E-state index contributed by atoms with van der Waals surface area (Å²) in [5.41, 5.74) is 1.10. The highest BCUT2D eigenvalue weighted by atomic mass is 19.1. The van der Waals surface area contributed by atoms with Crippen LogP contribution < -0.4 is 5.32 Å². The Labute approximate surface area is 92.1 Å². The molecule has 4 nitrogen and oxygen atoms in total. The number of rotatable bonds is 4. The number of carbonyl (C=O) groups is 2. The van der Waals surface area contributed by atoms with E-state index in [0.717, 1.165) is 5.56 Å². The highest BCUT2D eigenvalue weighted by Gasteiger charge is 2.07. The van der Waals surface area contributed by atoms with Crippen molar-refractivity contribution < 1.29 is 19.1 Å². The van der Waals surface area contributed by atoms with Crippen molar-refractivity contribution in [3.05, 3.63) is 29.6 Å². The molecule has 1 amide bonds. The lowest BCUT2D eigenvalue weighted by Gasteiger charge is -2.07. The van der Waals surface area contributed by atoms with E-state index in [0.29, 0.717) is 5.69 Å². The van der Waals surface area contributed by atoms with Crippen LogP contribution in [0.5, 0.6) is 0 Å². The predicted molar refractivity (Wildman–Crippen MR) is 56.6 cm³/mol. The average molecular weight is 225 g/mol. The van der Waals surface area contributed by atoms with Crippen molar-refractivity contribution in [2.45, 2.75) is 19.8 Å². The molecule has 0 aliphatic heterocycles. The Morgan fingerprint density at radius 1 is 1.38 bits per heavy atom. The molecule has 0 bridgehead atoms. The molecule has 2 N–H and O–H groups in total. The Morgan fingerprint density at radius 3 is 2.69 bits per heavy atom. The van der Waals surface area contributed by atoms with Crippen molar-refractivity contribution in [1.29, 1.82) is 0 Å². The van der Waals surface area contributed by atoms with E-state index >= 15 is 0 Å². The molecule has 0 aliphatic carbocycles. The summed E-state index contributed by atoms with van der Waals surface area (Å²) in [5, 5.41) is 10.9. The Morgan fingerprint density at radius 2 is 2.06 bits per heavy atom. The van der Waals surface area contributed by atoms with Crippen LogP contribution in [0.25, 0.3) is 0 Å². The van der Waals surface area contributed by atoms with Gasteiger partial charge in [0.15, 0.2) is 0 Å². The molecule has 0 saturated heterocycles. The smallest absolute Gasteiger partial charge is 0.303 e. The number of nitrogens with one attached hydrogen (secondary N) is 1. The zero-order valence-electron chi connectivity index (χ0n) is 8.79. The summed E-state index contributed by atoms with van der Waals surface area (Å²) in [4.78, 5) is 21.5. The van der Waals surface area contributed by atoms with Gasteiger partial charge in [-0.25, -0.2) is 4.39 Å². The van der Waals surface area contributed by atoms with E-state index in [1.54, 1.807) is 13.0 Å². The number of amides is 1. The molecule has 0 unspecified atom stereocenters. The van der Waals surface area contributed by atoms with Crippen molar-refractivity contribution in [2.24, 2.45) is 0 Å². The first-order valence-corrected chi connectivity index (χ1v) is 4.77. The van der Waals surface area contributed by atoms with Crippen LogP contribution in [0.1, 0.15) is 18.4 Å². The second-order valence-corrected chi connectivity index (χ2v) is 3.40. The van der Waals surface area contributed by atoms with E-state index in [9.17, 15) is 14.0 Å². The monoisotopic (exact) mass is 225 g/mol. The molecule has 0 heterocycles. The first-order valence-electron chi connectivity index (χ1n) is 4.77. The predicted octanol–water partition coefficient (Wildman–Crippen LogP) is 1.94. The van der Waals surface area contributed by atoms with E-state index in [1.165, 1.54) is 12.1 Å². The van der Waals surface area contributed by atoms with Gasteiger partial charge in [-0.15, -0.1) is 0 Å². The molecule has 0 aromatic heterocycles. The summed E-state index contributed by atoms with van der Waals surface area (Å²) >= 11 is 0. The zero-order valence-corrected chi connectivity index (χ0v) is 8.79. The van der Waals surface area contributed by atoms with Crippen molar-refractivity contribution in [3.8, 4) is 0 Å². The minimum Gasteiger partial charge on any atom is -0.481 e. The third-order valence-electron chi connectivity index (χ3n) is 2.04. The lowest BCUT2D eigenvalue weighted by Crippen LogP contribution is -2.14. The highest BCUT2D eigenvalue weighted by molar-refractivity contribution is 5.93. The highest BCUT2D eigenvalue weighted by Crippen LogP contribution is 2.16. The largest absolute Gasteiger partial charge is 0.481 e. The molecule has 86 valence electrons. The molecule has 1 rings (SSSR count). The van der Waals surface area contributed by atoms with Gasteiger partial charge in [-0.05, 0) is 24.6 Å². The van der Waals surface area contributed by atoms with Gasteiger partial charge in [0, 0.05) is 12.1 Å². The summed E-state index contributed by atoms with van der Waals surface area (Å²) in [6.45, 7) is 1.73. The van der Waals surface area contributed by atoms with E-state index in [4.69, 9.17) is 5.11 Å². The molecule has 0 radical (unpaired) electrons. The number of hydrogen-bond donors (Lipinski definition) is 2. The number of carbonyl (C=O) groups excluding carboxylic acids is 1. The molecule has 0 aliphatic rings. The fourth-order valence-corrected chi connectivity index (χ4v) is 1.16. The molecular formula is C11H12FNO3. The van der Waals surface area contributed by atoms with E-state index in [2.05, 4.69) is 5.32 Å². The second kappa shape index (κ2) is 5.25. The summed E-state index contributed by atoms with van der Waals surface area (Å²) < 4.78 is 12.9. The fraction of sp³-hybridized carbons (Fsp3) is 0.273. The number of carboxylic acids is 1. The molecule has 5 heteroatoms. The van der Waals surface area contributed by atoms with Crippen molar-refractivity contribution in [1.82, 2.24) is 0 Å². The molecule has 1 aromatic rings. The Bertz CT molecular complexity index is 418. The molecule has 0 spiro atoms. The fourth-order valence-electron chi connectivity index (χ4n) is 1.16. The van der Waals surface area contributed by atoms with Crippen LogP contribution in [-0.2, 0) is 9.59 Å².